The highest BCUT2D eigenvalue weighted by Crippen LogP contribution is 2.27. The summed E-state index contributed by atoms with van der Waals surface area (Å²) in [5.74, 6) is -0.651. The maximum absolute atomic E-state index is 13.0. The molecular weight excluding hydrogens is 343 g/mol. The van der Waals surface area contributed by atoms with Crippen molar-refractivity contribution in [3.63, 3.8) is 0 Å². The van der Waals surface area contributed by atoms with Gasteiger partial charge in [-0.2, -0.15) is 0 Å². The Hall–Kier alpha value is -2.08. The number of hydrogen-bond acceptors (Lipinski definition) is 3. The summed E-state index contributed by atoms with van der Waals surface area (Å²) in [7, 11) is 1.41. The van der Waals surface area contributed by atoms with Crippen LogP contribution in [0.4, 0.5) is 4.39 Å². The Kier molecular flexibility index (Phi) is 4.80. The van der Waals surface area contributed by atoms with E-state index in [1.54, 1.807) is 12.1 Å². The van der Waals surface area contributed by atoms with Gasteiger partial charge in [-0.05, 0) is 51.8 Å². The van der Waals surface area contributed by atoms with Crippen molar-refractivity contribution in [2.45, 2.75) is 6.61 Å². The average molecular weight is 355 g/mol. The molecule has 110 valence electrons. The minimum absolute atomic E-state index is 0.0872. The molecule has 6 heteroatoms. The zero-order valence-electron chi connectivity index (χ0n) is 11.1. The Morgan fingerprint density at radius 1 is 1.24 bits per heavy atom. The average Bonchev–Trinajstić information content (AvgIpc) is 2.45. The third-order valence-electron chi connectivity index (χ3n) is 2.78. The van der Waals surface area contributed by atoms with Gasteiger partial charge in [0.05, 0.1) is 11.6 Å². The maximum Gasteiger partial charge on any atom is 0.339 e. The molecule has 0 saturated heterocycles. The van der Waals surface area contributed by atoms with E-state index in [2.05, 4.69) is 15.9 Å². The molecule has 0 fully saturated rings. The molecule has 21 heavy (non-hydrogen) atoms. The molecule has 4 nitrogen and oxygen atoms in total. The topological polar surface area (TPSA) is 55.8 Å². The van der Waals surface area contributed by atoms with Crippen LogP contribution in [0.15, 0.2) is 40.9 Å². The Bertz CT molecular complexity index is 673. The van der Waals surface area contributed by atoms with E-state index in [4.69, 9.17) is 14.6 Å². The molecule has 2 aromatic carbocycles. The van der Waals surface area contributed by atoms with Gasteiger partial charge in [0.15, 0.2) is 0 Å². The number of halogens is 2. The van der Waals surface area contributed by atoms with Crippen LogP contribution in [-0.4, -0.2) is 18.2 Å². The van der Waals surface area contributed by atoms with Crippen molar-refractivity contribution in [2.24, 2.45) is 0 Å². The first-order valence-electron chi connectivity index (χ1n) is 5.99. The van der Waals surface area contributed by atoms with Crippen LogP contribution in [0.3, 0.4) is 0 Å². The van der Waals surface area contributed by atoms with Gasteiger partial charge in [-0.15, -0.1) is 0 Å². The molecule has 0 aliphatic heterocycles. The van der Waals surface area contributed by atoms with E-state index in [0.717, 1.165) is 5.56 Å². The number of hydrogen-bond donors (Lipinski definition) is 1. The summed E-state index contributed by atoms with van der Waals surface area (Å²) in [6.07, 6.45) is 0. The largest absolute Gasteiger partial charge is 0.496 e. The van der Waals surface area contributed by atoms with Crippen LogP contribution in [-0.2, 0) is 6.61 Å². The number of carbonyl (C=O) groups is 1. The van der Waals surface area contributed by atoms with E-state index < -0.39 is 5.97 Å². The van der Waals surface area contributed by atoms with E-state index in [1.165, 1.54) is 31.4 Å². The van der Waals surface area contributed by atoms with Crippen molar-refractivity contribution in [3.05, 3.63) is 57.8 Å². The van der Waals surface area contributed by atoms with Gasteiger partial charge in [0.1, 0.15) is 29.5 Å². The number of carboxylic acid groups (broad SMARTS) is 1. The number of ether oxygens (including phenoxy) is 2. The summed E-state index contributed by atoms with van der Waals surface area (Å²) in [5, 5.41) is 9.00. The molecule has 0 amide bonds. The fourth-order valence-electron chi connectivity index (χ4n) is 1.76. The highest BCUT2D eigenvalue weighted by Gasteiger charge is 2.11. The zero-order chi connectivity index (χ0) is 15.4. The minimum Gasteiger partial charge on any atom is -0.496 e. The second-order valence-corrected chi connectivity index (χ2v) is 5.06. The number of benzene rings is 2. The number of aromatic carboxylic acids is 1. The summed E-state index contributed by atoms with van der Waals surface area (Å²) in [5.41, 5.74) is 0.831. The molecule has 0 aliphatic carbocycles. The molecule has 0 aliphatic rings. The van der Waals surface area contributed by atoms with Gasteiger partial charge in [0, 0.05) is 0 Å². The standard InChI is InChI=1S/C15H12BrFO4/c1-20-14-6-9(2-4-11(14)15(18)19)8-21-13-5-3-10(17)7-12(13)16/h2-7H,8H2,1H3,(H,18,19). The second-order valence-electron chi connectivity index (χ2n) is 4.20. The molecule has 2 rings (SSSR count). The van der Waals surface area contributed by atoms with Crippen molar-refractivity contribution >= 4 is 21.9 Å². The van der Waals surface area contributed by atoms with Gasteiger partial charge in [-0.25, -0.2) is 9.18 Å². The summed E-state index contributed by atoms with van der Waals surface area (Å²) >= 11 is 3.21. The minimum atomic E-state index is -1.06. The van der Waals surface area contributed by atoms with Gasteiger partial charge in [0.2, 0.25) is 0 Å². The number of rotatable bonds is 5. The van der Waals surface area contributed by atoms with Gasteiger partial charge < -0.3 is 14.6 Å². The fourth-order valence-corrected chi connectivity index (χ4v) is 2.22. The quantitative estimate of drug-likeness (QED) is 0.885. The summed E-state index contributed by atoms with van der Waals surface area (Å²) < 4.78 is 24.1. The second kappa shape index (κ2) is 6.58. The third kappa shape index (κ3) is 3.72. The third-order valence-corrected chi connectivity index (χ3v) is 3.40. The van der Waals surface area contributed by atoms with E-state index >= 15 is 0 Å². The Morgan fingerprint density at radius 3 is 2.62 bits per heavy atom. The first kappa shape index (κ1) is 15.3. The molecule has 0 bridgehead atoms. The van der Waals surface area contributed by atoms with Crippen molar-refractivity contribution in [3.8, 4) is 11.5 Å². The molecule has 0 heterocycles. The Morgan fingerprint density at radius 2 is 2.00 bits per heavy atom. The van der Waals surface area contributed by atoms with E-state index in [9.17, 15) is 9.18 Å². The van der Waals surface area contributed by atoms with E-state index in [0.29, 0.717) is 10.2 Å². The highest BCUT2D eigenvalue weighted by atomic mass is 79.9. The summed E-state index contributed by atoms with van der Waals surface area (Å²) in [6, 6.07) is 8.82. The lowest BCUT2D eigenvalue weighted by Crippen LogP contribution is -2.03. The molecular formula is C15H12BrFO4. The smallest absolute Gasteiger partial charge is 0.339 e. The van der Waals surface area contributed by atoms with Crippen molar-refractivity contribution in [1.82, 2.24) is 0 Å². The van der Waals surface area contributed by atoms with E-state index in [1.807, 2.05) is 0 Å². The Balaban J connectivity index is 2.15. The normalized spacial score (nSPS) is 10.2. The molecule has 0 unspecified atom stereocenters. The first-order valence-corrected chi connectivity index (χ1v) is 6.78. The maximum atomic E-state index is 13.0. The molecule has 0 aromatic heterocycles. The van der Waals surface area contributed by atoms with Crippen LogP contribution < -0.4 is 9.47 Å². The number of carboxylic acids is 1. The predicted octanol–water partition coefficient (Wildman–Crippen LogP) is 3.87. The predicted molar refractivity (Wildman–Crippen MR) is 78.4 cm³/mol. The molecule has 1 N–H and O–H groups in total. The molecule has 0 radical (unpaired) electrons. The van der Waals surface area contributed by atoms with Crippen LogP contribution in [0.5, 0.6) is 11.5 Å². The number of methoxy groups -OCH3 is 1. The Labute approximate surface area is 129 Å². The van der Waals surface area contributed by atoms with Crippen LogP contribution in [0, 0.1) is 5.82 Å². The molecule has 0 spiro atoms. The van der Waals surface area contributed by atoms with Crippen LogP contribution in [0.1, 0.15) is 15.9 Å². The first-order chi connectivity index (χ1) is 10.0. The molecule has 2 aromatic rings. The van der Waals surface area contributed by atoms with Gasteiger partial charge in [0.25, 0.3) is 0 Å². The highest BCUT2D eigenvalue weighted by molar-refractivity contribution is 9.10. The van der Waals surface area contributed by atoms with Gasteiger partial charge >= 0.3 is 5.97 Å². The lowest BCUT2D eigenvalue weighted by molar-refractivity contribution is 0.0693. The van der Waals surface area contributed by atoms with Crippen LogP contribution in [0.25, 0.3) is 0 Å². The fraction of sp³-hybridized carbons (Fsp3) is 0.133. The SMILES string of the molecule is COc1cc(COc2ccc(F)cc2Br)ccc1C(=O)O. The summed E-state index contributed by atoms with van der Waals surface area (Å²) in [4.78, 5) is 11.0. The van der Waals surface area contributed by atoms with E-state index in [-0.39, 0.29) is 23.7 Å². The monoisotopic (exact) mass is 354 g/mol. The van der Waals surface area contributed by atoms with Crippen molar-refractivity contribution in [2.75, 3.05) is 7.11 Å². The van der Waals surface area contributed by atoms with Crippen LogP contribution >= 0.6 is 15.9 Å². The van der Waals surface area contributed by atoms with Gasteiger partial charge in [-0.1, -0.05) is 6.07 Å². The van der Waals surface area contributed by atoms with Crippen molar-refractivity contribution in [1.29, 1.82) is 0 Å². The summed E-state index contributed by atoms with van der Waals surface area (Å²) in [6.45, 7) is 0.209. The molecule has 0 saturated carbocycles. The molecule has 0 atom stereocenters. The van der Waals surface area contributed by atoms with Gasteiger partial charge in [-0.3, -0.25) is 0 Å². The zero-order valence-corrected chi connectivity index (χ0v) is 12.7. The lowest BCUT2D eigenvalue weighted by Gasteiger charge is -2.10. The van der Waals surface area contributed by atoms with Crippen molar-refractivity contribution < 1.29 is 23.8 Å². The lowest BCUT2D eigenvalue weighted by atomic mass is 10.1. The van der Waals surface area contributed by atoms with Crippen LogP contribution in [0.2, 0.25) is 0 Å².